The van der Waals surface area contributed by atoms with Gasteiger partial charge in [0.05, 0.1) is 0 Å². The van der Waals surface area contributed by atoms with Crippen LogP contribution < -0.4 is 11.5 Å². The predicted octanol–water partition coefficient (Wildman–Crippen LogP) is 1.02. The quantitative estimate of drug-likeness (QED) is 0.354. The van der Waals surface area contributed by atoms with Crippen LogP contribution in [0.3, 0.4) is 0 Å². The molecule has 0 rings (SSSR count). The first-order chi connectivity index (χ1) is 7.47. The molecule has 16 heavy (non-hydrogen) atoms. The standard InChI is InChI=1S/C10H21N3O2S/c1-7(2)16-10(12)13-8(9(14)15)5-3-4-6-11/h7-8H,3-6,11H2,1-2H3,(H2,12,13)(H,14,15)/t8-/m0/s1. The molecule has 0 bridgehead atoms. The maximum absolute atomic E-state index is 10.9. The summed E-state index contributed by atoms with van der Waals surface area (Å²) < 4.78 is 0. The van der Waals surface area contributed by atoms with Crippen molar-refractivity contribution >= 4 is 22.9 Å². The van der Waals surface area contributed by atoms with E-state index in [1.54, 1.807) is 0 Å². The maximum Gasteiger partial charge on any atom is 0.328 e. The summed E-state index contributed by atoms with van der Waals surface area (Å²) in [5.41, 5.74) is 11.0. The first-order valence-corrected chi connectivity index (χ1v) is 6.28. The van der Waals surface area contributed by atoms with Gasteiger partial charge >= 0.3 is 5.97 Å². The highest BCUT2D eigenvalue weighted by Gasteiger charge is 2.16. The van der Waals surface area contributed by atoms with Gasteiger partial charge < -0.3 is 16.6 Å². The fraction of sp³-hybridized carbons (Fsp3) is 0.800. The molecule has 0 aliphatic carbocycles. The second kappa shape index (κ2) is 8.41. The molecule has 0 aromatic heterocycles. The zero-order valence-electron chi connectivity index (χ0n) is 9.85. The average Bonchev–Trinajstić information content (AvgIpc) is 2.15. The molecule has 94 valence electrons. The van der Waals surface area contributed by atoms with E-state index in [9.17, 15) is 4.79 Å². The number of rotatable bonds is 7. The Morgan fingerprint density at radius 3 is 2.50 bits per heavy atom. The highest BCUT2D eigenvalue weighted by atomic mass is 32.2. The predicted molar refractivity (Wildman–Crippen MR) is 68.7 cm³/mol. The number of hydrogen-bond donors (Lipinski definition) is 3. The van der Waals surface area contributed by atoms with Gasteiger partial charge in [0.1, 0.15) is 6.04 Å². The van der Waals surface area contributed by atoms with Gasteiger partial charge in [-0.05, 0) is 25.8 Å². The lowest BCUT2D eigenvalue weighted by molar-refractivity contribution is -0.138. The van der Waals surface area contributed by atoms with Gasteiger partial charge in [0, 0.05) is 5.25 Å². The van der Waals surface area contributed by atoms with Crippen LogP contribution >= 0.6 is 11.8 Å². The van der Waals surface area contributed by atoms with E-state index in [0.29, 0.717) is 23.4 Å². The maximum atomic E-state index is 10.9. The van der Waals surface area contributed by atoms with Gasteiger partial charge in [-0.3, -0.25) is 0 Å². The second-order valence-electron chi connectivity index (χ2n) is 3.77. The van der Waals surface area contributed by atoms with Crippen molar-refractivity contribution in [1.82, 2.24) is 0 Å². The van der Waals surface area contributed by atoms with Gasteiger partial charge in [0.15, 0.2) is 5.17 Å². The third-order valence-corrected chi connectivity index (χ3v) is 2.67. The largest absolute Gasteiger partial charge is 0.480 e. The molecule has 0 amide bonds. The molecule has 0 saturated carbocycles. The molecule has 0 aromatic carbocycles. The number of aliphatic carboxylic acids is 1. The second-order valence-corrected chi connectivity index (χ2v) is 5.37. The van der Waals surface area contributed by atoms with Crippen LogP contribution in [-0.2, 0) is 4.79 Å². The minimum atomic E-state index is -0.927. The van der Waals surface area contributed by atoms with Crippen LogP contribution in [0.5, 0.6) is 0 Å². The molecule has 0 aromatic rings. The summed E-state index contributed by atoms with van der Waals surface area (Å²) in [6, 6.07) is -0.738. The van der Waals surface area contributed by atoms with Crippen molar-refractivity contribution in [2.75, 3.05) is 6.54 Å². The van der Waals surface area contributed by atoms with Gasteiger partial charge in [0.25, 0.3) is 0 Å². The van der Waals surface area contributed by atoms with Crippen LogP contribution in [0.4, 0.5) is 0 Å². The molecule has 5 N–H and O–H groups in total. The minimum Gasteiger partial charge on any atom is -0.480 e. The number of nitrogens with zero attached hydrogens (tertiary/aromatic N) is 1. The zero-order valence-corrected chi connectivity index (χ0v) is 10.7. The van der Waals surface area contributed by atoms with Crippen LogP contribution in [0, 0.1) is 0 Å². The Balaban J connectivity index is 4.25. The van der Waals surface area contributed by atoms with Crippen LogP contribution in [0.25, 0.3) is 0 Å². The Morgan fingerprint density at radius 2 is 2.06 bits per heavy atom. The normalized spacial score (nSPS) is 14.1. The van der Waals surface area contributed by atoms with Crippen molar-refractivity contribution in [2.45, 2.75) is 44.4 Å². The van der Waals surface area contributed by atoms with E-state index in [4.69, 9.17) is 16.6 Å². The molecule has 0 unspecified atom stereocenters. The molecule has 0 fully saturated rings. The van der Waals surface area contributed by atoms with Crippen molar-refractivity contribution in [3.8, 4) is 0 Å². The Hall–Kier alpha value is -0.750. The van der Waals surface area contributed by atoms with Crippen LogP contribution in [0.1, 0.15) is 33.1 Å². The highest BCUT2D eigenvalue weighted by Crippen LogP contribution is 2.12. The van der Waals surface area contributed by atoms with Crippen LogP contribution in [0.2, 0.25) is 0 Å². The summed E-state index contributed by atoms with van der Waals surface area (Å²) in [4.78, 5) is 14.9. The van der Waals surface area contributed by atoms with E-state index in [0.717, 1.165) is 12.8 Å². The summed E-state index contributed by atoms with van der Waals surface area (Å²) in [5.74, 6) is -0.927. The van der Waals surface area contributed by atoms with E-state index in [-0.39, 0.29) is 0 Å². The van der Waals surface area contributed by atoms with E-state index in [2.05, 4.69) is 4.99 Å². The number of thioether (sulfide) groups is 1. The molecular formula is C10H21N3O2S. The lowest BCUT2D eigenvalue weighted by Gasteiger charge is -2.09. The number of hydrogen-bond acceptors (Lipinski definition) is 4. The average molecular weight is 247 g/mol. The van der Waals surface area contributed by atoms with Gasteiger partial charge in [-0.2, -0.15) is 0 Å². The van der Waals surface area contributed by atoms with Crippen molar-refractivity contribution in [2.24, 2.45) is 16.5 Å². The fourth-order valence-electron chi connectivity index (χ4n) is 1.15. The van der Waals surface area contributed by atoms with Gasteiger partial charge in [-0.1, -0.05) is 25.6 Å². The summed E-state index contributed by atoms with van der Waals surface area (Å²) in [6.45, 7) is 4.54. The zero-order chi connectivity index (χ0) is 12.6. The number of aliphatic imine (C=N–C) groups is 1. The number of carboxylic acid groups (broad SMARTS) is 1. The SMILES string of the molecule is CC(C)SC(N)=N[C@@H](CCCCN)C(=O)O. The van der Waals surface area contributed by atoms with Crippen molar-refractivity contribution in [3.05, 3.63) is 0 Å². The Morgan fingerprint density at radius 1 is 1.44 bits per heavy atom. The number of amidine groups is 1. The third kappa shape index (κ3) is 7.53. The minimum absolute atomic E-state index is 0.308. The Labute approximate surface area is 101 Å². The molecule has 1 atom stereocenters. The van der Waals surface area contributed by atoms with E-state index in [1.807, 2.05) is 13.8 Å². The summed E-state index contributed by atoms with van der Waals surface area (Å²) >= 11 is 1.38. The molecule has 0 saturated heterocycles. The molecule has 5 nitrogen and oxygen atoms in total. The Bertz CT molecular complexity index is 244. The smallest absolute Gasteiger partial charge is 0.328 e. The van der Waals surface area contributed by atoms with Gasteiger partial charge in [0.2, 0.25) is 0 Å². The first-order valence-electron chi connectivity index (χ1n) is 5.40. The van der Waals surface area contributed by atoms with Crippen molar-refractivity contribution in [3.63, 3.8) is 0 Å². The Kier molecular flexibility index (Phi) is 8.01. The van der Waals surface area contributed by atoms with Crippen LogP contribution in [-0.4, -0.2) is 34.1 Å². The summed E-state index contributed by atoms with van der Waals surface area (Å²) in [6.07, 6.45) is 2.07. The van der Waals surface area contributed by atoms with Crippen molar-refractivity contribution < 1.29 is 9.90 Å². The molecule has 6 heteroatoms. The summed E-state index contributed by atoms with van der Waals surface area (Å²) in [7, 11) is 0. The van der Waals surface area contributed by atoms with E-state index >= 15 is 0 Å². The van der Waals surface area contributed by atoms with E-state index < -0.39 is 12.0 Å². The van der Waals surface area contributed by atoms with Gasteiger partial charge in [-0.15, -0.1) is 0 Å². The topological polar surface area (TPSA) is 102 Å². The first kappa shape index (κ1) is 15.2. The molecule has 0 aliphatic rings. The lowest BCUT2D eigenvalue weighted by Crippen LogP contribution is -2.22. The number of nitrogens with two attached hydrogens (primary N) is 2. The highest BCUT2D eigenvalue weighted by molar-refractivity contribution is 8.14. The van der Waals surface area contributed by atoms with Crippen LogP contribution in [0.15, 0.2) is 4.99 Å². The number of carbonyl (C=O) groups is 1. The fourth-order valence-corrected chi connectivity index (χ4v) is 1.82. The van der Waals surface area contributed by atoms with E-state index in [1.165, 1.54) is 11.8 Å². The number of carboxylic acids is 1. The number of unbranched alkanes of at least 4 members (excludes halogenated alkanes) is 1. The monoisotopic (exact) mass is 247 g/mol. The molecule has 0 spiro atoms. The molecular weight excluding hydrogens is 226 g/mol. The molecule has 0 radical (unpaired) electrons. The van der Waals surface area contributed by atoms with Crippen molar-refractivity contribution in [1.29, 1.82) is 0 Å². The van der Waals surface area contributed by atoms with Gasteiger partial charge in [-0.25, -0.2) is 9.79 Å². The molecule has 0 heterocycles. The lowest BCUT2D eigenvalue weighted by atomic mass is 10.1. The third-order valence-electron chi connectivity index (χ3n) is 1.86. The molecule has 0 aliphatic heterocycles. The summed E-state index contributed by atoms with van der Waals surface area (Å²) in [5, 5.41) is 9.60.